The van der Waals surface area contributed by atoms with Crippen molar-refractivity contribution in [3.63, 3.8) is 0 Å². The first kappa shape index (κ1) is 14.0. The molecule has 1 aliphatic carbocycles. The predicted molar refractivity (Wildman–Crippen MR) is 78.9 cm³/mol. The second kappa shape index (κ2) is 6.18. The number of hydrogen-bond donors (Lipinski definition) is 1. The zero-order valence-electron chi connectivity index (χ0n) is 11.2. The predicted octanol–water partition coefficient (Wildman–Crippen LogP) is 3.54. The molecule has 1 fully saturated rings. The van der Waals surface area contributed by atoms with Gasteiger partial charge in [0.15, 0.2) is 0 Å². The zero-order valence-corrected chi connectivity index (χ0v) is 12.8. The molecule has 0 bridgehead atoms. The second-order valence-corrected chi connectivity index (χ2v) is 5.88. The Hall–Kier alpha value is -0.380. The van der Waals surface area contributed by atoms with Crippen LogP contribution in [0.25, 0.3) is 0 Å². The van der Waals surface area contributed by atoms with Gasteiger partial charge >= 0.3 is 0 Å². The van der Waals surface area contributed by atoms with Gasteiger partial charge < -0.3 is 10.1 Å². The highest BCUT2D eigenvalue weighted by Gasteiger charge is 2.44. The molecule has 0 aromatic heterocycles. The molecule has 18 heavy (non-hydrogen) atoms. The molecule has 1 aliphatic rings. The average molecular weight is 312 g/mol. The van der Waals surface area contributed by atoms with Gasteiger partial charge in [-0.1, -0.05) is 41.1 Å². The fourth-order valence-electron chi connectivity index (χ4n) is 2.79. The minimum atomic E-state index is 0.0469. The molecule has 0 aliphatic heterocycles. The molecule has 0 spiro atoms. The Balaban J connectivity index is 2.14. The maximum absolute atomic E-state index is 5.82. The first-order valence-corrected chi connectivity index (χ1v) is 7.53. The number of ether oxygens (including phenoxy) is 1. The van der Waals surface area contributed by atoms with Gasteiger partial charge in [0, 0.05) is 17.6 Å². The van der Waals surface area contributed by atoms with Crippen LogP contribution in [0.2, 0.25) is 0 Å². The van der Waals surface area contributed by atoms with Gasteiger partial charge in [0.25, 0.3) is 0 Å². The third-order valence-corrected chi connectivity index (χ3v) is 4.85. The summed E-state index contributed by atoms with van der Waals surface area (Å²) in [6.07, 6.45) is 4.64. The van der Waals surface area contributed by atoms with Crippen LogP contribution in [-0.4, -0.2) is 25.3 Å². The summed E-state index contributed by atoms with van der Waals surface area (Å²) < 4.78 is 7.02. The van der Waals surface area contributed by atoms with E-state index in [0.717, 1.165) is 13.0 Å². The van der Waals surface area contributed by atoms with E-state index in [0.29, 0.717) is 6.04 Å². The van der Waals surface area contributed by atoms with Crippen LogP contribution in [0, 0.1) is 0 Å². The number of benzene rings is 1. The lowest BCUT2D eigenvalue weighted by Gasteiger charge is -2.47. The number of rotatable bonds is 6. The van der Waals surface area contributed by atoms with Gasteiger partial charge in [-0.25, -0.2) is 0 Å². The first-order valence-electron chi connectivity index (χ1n) is 6.74. The molecule has 1 atom stereocenters. The van der Waals surface area contributed by atoms with Crippen molar-refractivity contribution in [3.8, 4) is 0 Å². The molecule has 1 aromatic carbocycles. The molecule has 1 unspecified atom stereocenters. The minimum absolute atomic E-state index is 0.0469. The van der Waals surface area contributed by atoms with Gasteiger partial charge in [0.05, 0.1) is 5.60 Å². The lowest BCUT2D eigenvalue weighted by Crippen LogP contribution is -2.57. The van der Waals surface area contributed by atoms with E-state index >= 15 is 0 Å². The molecule has 2 rings (SSSR count). The molecule has 1 aromatic rings. The Labute approximate surface area is 118 Å². The van der Waals surface area contributed by atoms with Crippen LogP contribution in [0.15, 0.2) is 28.7 Å². The summed E-state index contributed by atoms with van der Waals surface area (Å²) in [6, 6.07) is 8.86. The van der Waals surface area contributed by atoms with E-state index in [2.05, 4.69) is 52.4 Å². The number of halogens is 1. The van der Waals surface area contributed by atoms with Gasteiger partial charge in [-0.05, 0) is 43.9 Å². The highest BCUT2D eigenvalue weighted by atomic mass is 79.9. The molecular formula is C15H22BrNO. The van der Waals surface area contributed by atoms with E-state index in [1.165, 1.54) is 29.3 Å². The summed E-state index contributed by atoms with van der Waals surface area (Å²) >= 11 is 3.64. The van der Waals surface area contributed by atoms with Gasteiger partial charge in [0.2, 0.25) is 0 Å². The summed E-state index contributed by atoms with van der Waals surface area (Å²) in [6.45, 7) is 3.15. The van der Waals surface area contributed by atoms with Crippen LogP contribution in [0.5, 0.6) is 0 Å². The third-order valence-electron chi connectivity index (χ3n) is 4.07. The van der Waals surface area contributed by atoms with Crippen molar-refractivity contribution in [3.05, 3.63) is 34.3 Å². The number of methoxy groups -OCH3 is 1. The summed E-state index contributed by atoms with van der Waals surface area (Å²) in [5, 5.41) is 3.61. The van der Waals surface area contributed by atoms with Gasteiger partial charge in [0.1, 0.15) is 0 Å². The lowest BCUT2D eigenvalue weighted by atomic mass is 9.72. The molecule has 1 saturated carbocycles. The largest absolute Gasteiger partial charge is 0.377 e. The van der Waals surface area contributed by atoms with Crippen molar-refractivity contribution in [2.75, 3.05) is 13.7 Å². The molecule has 0 heterocycles. The lowest BCUT2D eigenvalue weighted by molar-refractivity contribution is -0.0978. The van der Waals surface area contributed by atoms with E-state index in [1.54, 1.807) is 0 Å². The molecule has 1 N–H and O–H groups in total. The minimum Gasteiger partial charge on any atom is -0.377 e. The van der Waals surface area contributed by atoms with E-state index < -0.39 is 0 Å². The van der Waals surface area contributed by atoms with E-state index in [-0.39, 0.29) is 5.60 Å². The monoisotopic (exact) mass is 311 g/mol. The van der Waals surface area contributed by atoms with Crippen molar-refractivity contribution >= 4 is 15.9 Å². The molecule has 0 amide bonds. The molecule has 0 saturated heterocycles. The van der Waals surface area contributed by atoms with E-state index in [4.69, 9.17) is 4.74 Å². The second-order valence-electron chi connectivity index (χ2n) is 5.03. The Morgan fingerprint density at radius 1 is 1.39 bits per heavy atom. The van der Waals surface area contributed by atoms with E-state index in [9.17, 15) is 0 Å². The number of nitrogens with one attached hydrogen (secondary N) is 1. The van der Waals surface area contributed by atoms with Crippen molar-refractivity contribution in [2.24, 2.45) is 0 Å². The Morgan fingerprint density at radius 3 is 2.61 bits per heavy atom. The van der Waals surface area contributed by atoms with E-state index in [1.807, 2.05) is 7.11 Å². The molecular weight excluding hydrogens is 290 g/mol. The zero-order chi connectivity index (χ0) is 13.0. The summed E-state index contributed by atoms with van der Waals surface area (Å²) in [4.78, 5) is 0. The Bertz CT molecular complexity index is 384. The number of likely N-dealkylation sites (N-methyl/N-ethyl adjacent to an activating group) is 1. The van der Waals surface area contributed by atoms with Crippen molar-refractivity contribution in [1.82, 2.24) is 5.32 Å². The normalized spacial score (nSPS) is 19.3. The van der Waals surface area contributed by atoms with Crippen LogP contribution in [0.3, 0.4) is 0 Å². The molecule has 2 nitrogen and oxygen atoms in total. The van der Waals surface area contributed by atoms with Gasteiger partial charge in [-0.15, -0.1) is 0 Å². The van der Waals surface area contributed by atoms with Crippen molar-refractivity contribution in [2.45, 2.75) is 44.2 Å². The van der Waals surface area contributed by atoms with Crippen LogP contribution in [-0.2, 0) is 11.2 Å². The summed E-state index contributed by atoms with van der Waals surface area (Å²) in [5.41, 5.74) is 1.40. The maximum atomic E-state index is 5.82. The molecule has 3 heteroatoms. The summed E-state index contributed by atoms with van der Waals surface area (Å²) in [7, 11) is 1.85. The highest BCUT2D eigenvalue weighted by molar-refractivity contribution is 9.10. The first-order chi connectivity index (χ1) is 8.72. The summed E-state index contributed by atoms with van der Waals surface area (Å²) in [5.74, 6) is 0. The standard InChI is InChI=1S/C15H22BrNO/c1-3-17-14(15(18-2)9-6-10-15)11-12-7-4-5-8-13(12)16/h4-5,7-8,14,17H,3,6,9-11H2,1-2H3. The number of hydrogen-bond acceptors (Lipinski definition) is 2. The third kappa shape index (κ3) is 2.79. The smallest absolute Gasteiger partial charge is 0.0834 e. The Kier molecular flexibility index (Phi) is 4.82. The van der Waals surface area contributed by atoms with Crippen LogP contribution in [0.4, 0.5) is 0 Å². The van der Waals surface area contributed by atoms with Crippen LogP contribution < -0.4 is 5.32 Å². The molecule has 0 radical (unpaired) electrons. The SMILES string of the molecule is CCNC(Cc1ccccc1Br)C1(OC)CCC1. The van der Waals surface area contributed by atoms with Crippen molar-refractivity contribution in [1.29, 1.82) is 0 Å². The van der Waals surface area contributed by atoms with Gasteiger partial charge in [-0.2, -0.15) is 0 Å². The topological polar surface area (TPSA) is 21.3 Å². The fourth-order valence-corrected chi connectivity index (χ4v) is 3.24. The average Bonchev–Trinajstić information content (AvgIpc) is 2.31. The molecule has 100 valence electrons. The van der Waals surface area contributed by atoms with Crippen molar-refractivity contribution < 1.29 is 4.74 Å². The highest BCUT2D eigenvalue weighted by Crippen LogP contribution is 2.39. The Morgan fingerprint density at radius 2 is 2.11 bits per heavy atom. The maximum Gasteiger partial charge on any atom is 0.0834 e. The van der Waals surface area contributed by atoms with Crippen LogP contribution >= 0.6 is 15.9 Å². The fraction of sp³-hybridized carbons (Fsp3) is 0.600. The quantitative estimate of drug-likeness (QED) is 0.867. The van der Waals surface area contributed by atoms with Gasteiger partial charge in [-0.3, -0.25) is 0 Å². The van der Waals surface area contributed by atoms with Crippen LogP contribution in [0.1, 0.15) is 31.7 Å².